The molecule has 0 unspecified atom stereocenters. The number of unbranched alkanes of at least 4 members (excludes halogenated alkanes) is 2. The van der Waals surface area contributed by atoms with Crippen molar-refractivity contribution in [3.05, 3.63) is 58.6 Å². The fraction of sp³-hybridized carbons (Fsp3) is 0.481. The summed E-state index contributed by atoms with van der Waals surface area (Å²) in [4.78, 5) is 27.4. The highest BCUT2D eigenvalue weighted by Crippen LogP contribution is 2.29. The van der Waals surface area contributed by atoms with Crippen molar-refractivity contribution in [2.24, 2.45) is 5.92 Å². The molecule has 1 aliphatic rings. The molecule has 7 nitrogen and oxygen atoms in total. The van der Waals surface area contributed by atoms with E-state index in [1.54, 1.807) is 13.2 Å². The number of methoxy groups -OCH3 is 2. The maximum atomic E-state index is 12.8. The number of nitrogen functional groups attached to an aromatic ring is 1. The molecule has 1 fully saturated rings. The molecule has 1 heterocycles. The summed E-state index contributed by atoms with van der Waals surface area (Å²) in [5.74, 6) is 0.588. The Labute approximate surface area is 212 Å². The zero-order chi connectivity index (χ0) is 25.2. The SMILES string of the molecule is COc1cc(N)c(Cl)cc1C(=O)NC[C@H]1CCN(CCCCCC(=O)c2ccccc2)C[C@H]1OC. The lowest BCUT2D eigenvalue weighted by molar-refractivity contribution is -0.0107. The number of ketones is 1. The summed E-state index contributed by atoms with van der Waals surface area (Å²) >= 11 is 6.10. The first-order valence-electron chi connectivity index (χ1n) is 12.2. The number of benzene rings is 2. The molecule has 0 radical (unpaired) electrons. The lowest BCUT2D eigenvalue weighted by Crippen LogP contribution is -2.48. The van der Waals surface area contributed by atoms with Gasteiger partial charge in [0.2, 0.25) is 0 Å². The van der Waals surface area contributed by atoms with E-state index in [0.717, 1.165) is 50.9 Å². The number of rotatable bonds is 12. The van der Waals surface area contributed by atoms with Crippen LogP contribution in [-0.4, -0.2) is 63.1 Å². The number of halogens is 1. The molecule has 8 heteroatoms. The number of carbonyl (C=O) groups excluding carboxylic acids is 2. The van der Waals surface area contributed by atoms with Crippen LogP contribution in [0.1, 0.15) is 52.8 Å². The molecule has 3 rings (SSSR count). The van der Waals surface area contributed by atoms with Crippen molar-refractivity contribution in [1.29, 1.82) is 0 Å². The van der Waals surface area contributed by atoms with E-state index in [9.17, 15) is 9.59 Å². The van der Waals surface area contributed by atoms with Gasteiger partial charge in [0.05, 0.1) is 29.5 Å². The number of ether oxygens (including phenoxy) is 2. The average molecular weight is 502 g/mol. The third-order valence-electron chi connectivity index (χ3n) is 6.64. The van der Waals surface area contributed by atoms with E-state index in [0.29, 0.717) is 35.0 Å². The minimum absolute atomic E-state index is 0.0422. The molecule has 0 spiro atoms. The summed E-state index contributed by atoms with van der Waals surface area (Å²) in [6, 6.07) is 12.6. The molecule has 2 aromatic carbocycles. The highest BCUT2D eigenvalue weighted by Gasteiger charge is 2.29. The van der Waals surface area contributed by atoms with Crippen molar-refractivity contribution in [1.82, 2.24) is 10.2 Å². The quantitative estimate of drug-likeness (QED) is 0.254. The Morgan fingerprint density at radius 1 is 1.14 bits per heavy atom. The standard InChI is InChI=1S/C27H36ClN3O4/c1-34-25-16-23(29)22(28)15-21(25)27(33)30-17-20-12-14-31(18-26(20)35-2)13-8-4-7-11-24(32)19-9-5-3-6-10-19/h3,5-6,9-10,15-16,20,26H,4,7-8,11-14,17-18,29H2,1-2H3,(H,30,33)/t20-,26-/m1/s1. The number of amides is 1. The fourth-order valence-electron chi connectivity index (χ4n) is 4.53. The fourth-order valence-corrected chi connectivity index (χ4v) is 4.70. The van der Waals surface area contributed by atoms with Crippen LogP contribution < -0.4 is 15.8 Å². The normalized spacial score (nSPS) is 18.3. The Morgan fingerprint density at radius 3 is 2.63 bits per heavy atom. The van der Waals surface area contributed by atoms with Gasteiger partial charge in [0, 0.05) is 44.2 Å². The molecule has 1 aliphatic heterocycles. The van der Waals surface area contributed by atoms with E-state index in [1.807, 2.05) is 30.3 Å². The van der Waals surface area contributed by atoms with Gasteiger partial charge >= 0.3 is 0 Å². The lowest BCUT2D eigenvalue weighted by atomic mass is 9.93. The Morgan fingerprint density at radius 2 is 1.91 bits per heavy atom. The van der Waals surface area contributed by atoms with Gasteiger partial charge in [0.15, 0.2) is 5.78 Å². The van der Waals surface area contributed by atoms with Crippen LogP contribution in [0.3, 0.4) is 0 Å². The average Bonchev–Trinajstić information content (AvgIpc) is 2.88. The zero-order valence-electron chi connectivity index (χ0n) is 20.6. The minimum Gasteiger partial charge on any atom is -0.496 e. The minimum atomic E-state index is -0.244. The number of carbonyl (C=O) groups is 2. The van der Waals surface area contributed by atoms with Crippen molar-refractivity contribution in [3.63, 3.8) is 0 Å². The van der Waals surface area contributed by atoms with E-state index in [2.05, 4.69) is 10.2 Å². The molecule has 2 atom stereocenters. The van der Waals surface area contributed by atoms with Crippen LogP contribution in [0.2, 0.25) is 5.02 Å². The molecule has 0 bridgehead atoms. The van der Waals surface area contributed by atoms with E-state index < -0.39 is 0 Å². The van der Waals surface area contributed by atoms with Crippen molar-refractivity contribution >= 4 is 29.0 Å². The van der Waals surface area contributed by atoms with Crippen LogP contribution in [0.4, 0.5) is 5.69 Å². The van der Waals surface area contributed by atoms with Crippen LogP contribution in [-0.2, 0) is 4.74 Å². The van der Waals surface area contributed by atoms with Crippen molar-refractivity contribution in [2.45, 2.75) is 38.2 Å². The molecule has 1 amide bonds. The zero-order valence-corrected chi connectivity index (χ0v) is 21.4. The monoisotopic (exact) mass is 501 g/mol. The lowest BCUT2D eigenvalue weighted by Gasteiger charge is -2.38. The van der Waals surface area contributed by atoms with Gasteiger partial charge < -0.3 is 25.4 Å². The van der Waals surface area contributed by atoms with E-state index in [4.69, 9.17) is 26.8 Å². The van der Waals surface area contributed by atoms with E-state index in [1.165, 1.54) is 13.2 Å². The van der Waals surface area contributed by atoms with Crippen LogP contribution in [0, 0.1) is 5.92 Å². The van der Waals surface area contributed by atoms with Crippen molar-refractivity contribution in [2.75, 3.05) is 46.1 Å². The van der Waals surface area contributed by atoms with Gasteiger partial charge in [-0.25, -0.2) is 0 Å². The van der Waals surface area contributed by atoms with Gasteiger partial charge in [0.1, 0.15) is 5.75 Å². The van der Waals surface area contributed by atoms with Crippen LogP contribution >= 0.6 is 11.6 Å². The summed E-state index contributed by atoms with van der Waals surface area (Å²) in [6.07, 6.45) is 4.56. The number of Topliss-reactive ketones (excluding diaryl/α,β-unsaturated/α-hetero) is 1. The van der Waals surface area contributed by atoms with E-state index in [-0.39, 0.29) is 23.7 Å². The van der Waals surface area contributed by atoms with E-state index >= 15 is 0 Å². The molecule has 35 heavy (non-hydrogen) atoms. The first-order chi connectivity index (χ1) is 16.9. The predicted octanol–water partition coefficient (Wildman–Crippen LogP) is 4.44. The third-order valence-corrected chi connectivity index (χ3v) is 6.97. The molecular weight excluding hydrogens is 466 g/mol. The number of nitrogens with one attached hydrogen (secondary N) is 1. The first-order valence-corrected chi connectivity index (χ1v) is 12.5. The molecule has 0 aromatic heterocycles. The number of hydrogen-bond acceptors (Lipinski definition) is 6. The van der Waals surface area contributed by atoms with Crippen LogP contribution in [0.25, 0.3) is 0 Å². The predicted molar refractivity (Wildman–Crippen MR) is 139 cm³/mol. The summed E-state index contributed by atoms with van der Waals surface area (Å²) in [5.41, 5.74) is 7.34. The largest absolute Gasteiger partial charge is 0.496 e. The second-order valence-electron chi connectivity index (χ2n) is 9.01. The topological polar surface area (TPSA) is 93.9 Å². The van der Waals surface area contributed by atoms with Gasteiger partial charge in [0.25, 0.3) is 5.91 Å². The highest BCUT2D eigenvalue weighted by molar-refractivity contribution is 6.33. The second kappa shape index (κ2) is 13.5. The Bertz CT molecular complexity index is 986. The van der Waals surface area contributed by atoms with Crippen LogP contribution in [0.15, 0.2) is 42.5 Å². The molecule has 0 aliphatic carbocycles. The van der Waals surface area contributed by atoms with Gasteiger partial charge in [-0.05, 0) is 38.4 Å². The number of nitrogens with two attached hydrogens (primary N) is 1. The Hall–Kier alpha value is -2.61. The Balaban J connectivity index is 1.39. The molecule has 1 saturated heterocycles. The van der Waals surface area contributed by atoms with Crippen molar-refractivity contribution < 1.29 is 19.1 Å². The number of likely N-dealkylation sites (tertiary alicyclic amines) is 1. The molecule has 190 valence electrons. The summed E-state index contributed by atoms with van der Waals surface area (Å²) in [7, 11) is 3.22. The Kier molecular flexibility index (Phi) is 10.4. The molecule has 3 N–H and O–H groups in total. The number of hydrogen-bond donors (Lipinski definition) is 2. The number of anilines is 1. The van der Waals surface area contributed by atoms with Gasteiger partial charge in [-0.1, -0.05) is 48.4 Å². The number of nitrogens with zero attached hydrogens (tertiary/aromatic N) is 1. The second-order valence-corrected chi connectivity index (χ2v) is 9.41. The summed E-state index contributed by atoms with van der Waals surface area (Å²) in [6.45, 7) is 3.29. The van der Waals surface area contributed by atoms with Gasteiger partial charge in [-0.2, -0.15) is 0 Å². The molecule has 2 aromatic rings. The van der Waals surface area contributed by atoms with Crippen LogP contribution in [0.5, 0.6) is 5.75 Å². The summed E-state index contributed by atoms with van der Waals surface area (Å²) in [5, 5.41) is 3.33. The maximum absolute atomic E-state index is 12.8. The third kappa shape index (κ3) is 7.69. The molecule has 0 saturated carbocycles. The number of piperidine rings is 1. The smallest absolute Gasteiger partial charge is 0.255 e. The molecular formula is C27H36ClN3O4. The van der Waals surface area contributed by atoms with Crippen molar-refractivity contribution in [3.8, 4) is 5.75 Å². The van der Waals surface area contributed by atoms with Gasteiger partial charge in [-0.15, -0.1) is 0 Å². The first kappa shape index (κ1) is 27.0. The van der Waals surface area contributed by atoms with Gasteiger partial charge in [-0.3, -0.25) is 9.59 Å². The highest BCUT2D eigenvalue weighted by atomic mass is 35.5. The summed E-state index contributed by atoms with van der Waals surface area (Å²) < 4.78 is 11.1. The maximum Gasteiger partial charge on any atom is 0.255 e.